The number of hydrogen-bond donors (Lipinski definition) is 1. The molecule has 3 heteroatoms. The van der Waals surface area contributed by atoms with Crippen molar-refractivity contribution in [3.63, 3.8) is 0 Å². The second-order valence-corrected chi connectivity index (χ2v) is 6.40. The van der Waals surface area contributed by atoms with Crippen LogP contribution in [0.3, 0.4) is 0 Å². The molecule has 1 aliphatic rings. The third-order valence-corrected chi connectivity index (χ3v) is 4.40. The van der Waals surface area contributed by atoms with Crippen LogP contribution in [0.25, 0.3) is 0 Å². The van der Waals surface area contributed by atoms with E-state index in [9.17, 15) is 0 Å². The van der Waals surface area contributed by atoms with Gasteiger partial charge in [-0.2, -0.15) is 0 Å². The summed E-state index contributed by atoms with van der Waals surface area (Å²) in [5, 5.41) is 3.72. The summed E-state index contributed by atoms with van der Waals surface area (Å²) >= 11 is 3.53. The smallest absolute Gasteiger partial charge is 0.143 e. The Morgan fingerprint density at radius 2 is 1.74 bits per heavy atom. The molecule has 0 atom stereocenters. The SMILES string of the molecule is COc1cc(Br)cc(C)c1NC1CCCCCCC1. The normalized spacial score (nSPS) is 17.6. The molecule has 1 N–H and O–H groups in total. The van der Waals surface area contributed by atoms with Crippen LogP contribution < -0.4 is 10.1 Å². The maximum absolute atomic E-state index is 5.51. The van der Waals surface area contributed by atoms with Gasteiger partial charge in [0.15, 0.2) is 0 Å². The van der Waals surface area contributed by atoms with Gasteiger partial charge >= 0.3 is 0 Å². The van der Waals surface area contributed by atoms with E-state index in [-0.39, 0.29) is 0 Å². The van der Waals surface area contributed by atoms with Crippen LogP contribution in [0, 0.1) is 6.92 Å². The molecule has 19 heavy (non-hydrogen) atoms. The van der Waals surface area contributed by atoms with E-state index in [0.717, 1.165) is 15.9 Å². The average Bonchev–Trinajstić information content (AvgIpc) is 2.34. The molecule has 106 valence electrons. The molecule has 0 unspecified atom stereocenters. The van der Waals surface area contributed by atoms with Gasteiger partial charge in [0.2, 0.25) is 0 Å². The maximum atomic E-state index is 5.51. The second-order valence-electron chi connectivity index (χ2n) is 5.49. The van der Waals surface area contributed by atoms with Crippen LogP contribution in [0.2, 0.25) is 0 Å². The van der Waals surface area contributed by atoms with Crippen molar-refractivity contribution < 1.29 is 4.74 Å². The highest BCUT2D eigenvalue weighted by molar-refractivity contribution is 9.10. The van der Waals surface area contributed by atoms with Gasteiger partial charge in [0.05, 0.1) is 12.8 Å². The van der Waals surface area contributed by atoms with Crippen molar-refractivity contribution in [2.75, 3.05) is 12.4 Å². The van der Waals surface area contributed by atoms with E-state index in [0.29, 0.717) is 6.04 Å². The number of rotatable bonds is 3. The summed E-state index contributed by atoms with van der Waals surface area (Å²) in [4.78, 5) is 0. The van der Waals surface area contributed by atoms with Gasteiger partial charge in [0.25, 0.3) is 0 Å². The number of hydrogen-bond acceptors (Lipinski definition) is 2. The van der Waals surface area contributed by atoms with Crippen molar-refractivity contribution in [2.45, 2.75) is 57.9 Å². The summed E-state index contributed by atoms with van der Waals surface area (Å²) in [6.07, 6.45) is 9.42. The minimum atomic E-state index is 0.592. The summed E-state index contributed by atoms with van der Waals surface area (Å²) in [7, 11) is 1.74. The molecule has 1 fully saturated rings. The van der Waals surface area contributed by atoms with Crippen molar-refractivity contribution in [3.8, 4) is 5.75 Å². The van der Waals surface area contributed by atoms with Crippen molar-refractivity contribution in [1.82, 2.24) is 0 Å². The van der Waals surface area contributed by atoms with E-state index in [1.807, 2.05) is 6.07 Å². The first-order valence-electron chi connectivity index (χ1n) is 7.31. The molecule has 0 radical (unpaired) electrons. The van der Waals surface area contributed by atoms with Gasteiger partial charge in [-0.05, 0) is 37.5 Å². The number of methoxy groups -OCH3 is 1. The summed E-state index contributed by atoms with van der Waals surface area (Å²) in [6.45, 7) is 2.14. The molecule has 0 spiro atoms. The topological polar surface area (TPSA) is 21.3 Å². The van der Waals surface area contributed by atoms with Crippen molar-refractivity contribution in [2.24, 2.45) is 0 Å². The zero-order valence-electron chi connectivity index (χ0n) is 12.0. The van der Waals surface area contributed by atoms with Crippen molar-refractivity contribution >= 4 is 21.6 Å². The van der Waals surface area contributed by atoms with Crippen molar-refractivity contribution in [3.05, 3.63) is 22.2 Å². The highest BCUT2D eigenvalue weighted by atomic mass is 79.9. The maximum Gasteiger partial charge on any atom is 0.143 e. The molecule has 0 bridgehead atoms. The molecule has 0 saturated heterocycles. The molecular weight excluding hydrogens is 302 g/mol. The van der Waals surface area contributed by atoms with Gasteiger partial charge in [-0.15, -0.1) is 0 Å². The lowest BCUT2D eigenvalue weighted by Gasteiger charge is -2.24. The minimum absolute atomic E-state index is 0.592. The standard InChI is InChI=1S/C16H24BrNO/c1-12-10-13(17)11-15(19-2)16(12)18-14-8-6-4-3-5-7-9-14/h10-11,14,18H,3-9H2,1-2H3. The first kappa shape index (κ1) is 14.7. The van der Waals surface area contributed by atoms with Crippen LogP contribution in [-0.4, -0.2) is 13.2 Å². The van der Waals surface area contributed by atoms with Gasteiger partial charge in [0.1, 0.15) is 5.75 Å². The molecule has 0 aromatic heterocycles. The third-order valence-electron chi connectivity index (χ3n) is 3.94. The highest BCUT2D eigenvalue weighted by Gasteiger charge is 2.15. The Bertz CT molecular complexity index is 411. The van der Waals surface area contributed by atoms with E-state index >= 15 is 0 Å². The molecule has 1 aromatic rings. The molecule has 1 aliphatic carbocycles. The molecule has 2 nitrogen and oxygen atoms in total. The summed E-state index contributed by atoms with van der Waals surface area (Å²) < 4.78 is 6.59. The monoisotopic (exact) mass is 325 g/mol. The van der Waals surface area contributed by atoms with Crippen LogP contribution >= 0.6 is 15.9 Å². The Balaban J connectivity index is 2.12. The fourth-order valence-corrected chi connectivity index (χ4v) is 3.41. The van der Waals surface area contributed by atoms with E-state index in [2.05, 4.69) is 34.2 Å². The number of nitrogens with one attached hydrogen (secondary N) is 1. The van der Waals surface area contributed by atoms with Crippen LogP contribution in [0.5, 0.6) is 5.75 Å². The van der Waals surface area contributed by atoms with Crippen LogP contribution in [0.4, 0.5) is 5.69 Å². The van der Waals surface area contributed by atoms with E-state index < -0.39 is 0 Å². The number of aryl methyl sites for hydroxylation is 1. The molecule has 1 aromatic carbocycles. The summed E-state index contributed by atoms with van der Waals surface area (Å²) in [5.74, 6) is 0.939. The molecular formula is C16H24BrNO. The summed E-state index contributed by atoms with van der Waals surface area (Å²) in [5.41, 5.74) is 2.41. The predicted octanol–water partition coefficient (Wildman–Crippen LogP) is 5.29. The van der Waals surface area contributed by atoms with Crippen LogP contribution in [0.15, 0.2) is 16.6 Å². The fourth-order valence-electron chi connectivity index (χ4n) is 2.86. The quantitative estimate of drug-likeness (QED) is 0.815. The number of halogens is 1. The lowest BCUT2D eigenvalue weighted by atomic mass is 9.96. The van der Waals surface area contributed by atoms with Crippen LogP contribution in [0.1, 0.15) is 50.5 Å². The fraction of sp³-hybridized carbons (Fsp3) is 0.625. The molecule has 0 heterocycles. The molecule has 0 amide bonds. The lowest BCUT2D eigenvalue weighted by molar-refractivity contribution is 0.413. The van der Waals surface area contributed by atoms with E-state index in [4.69, 9.17) is 4.74 Å². The highest BCUT2D eigenvalue weighted by Crippen LogP contribution is 2.34. The zero-order chi connectivity index (χ0) is 13.7. The van der Waals surface area contributed by atoms with Crippen LogP contribution in [-0.2, 0) is 0 Å². The Morgan fingerprint density at radius 1 is 1.11 bits per heavy atom. The first-order valence-corrected chi connectivity index (χ1v) is 8.10. The first-order chi connectivity index (χ1) is 9.20. The van der Waals surface area contributed by atoms with Gasteiger partial charge in [-0.1, -0.05) is 48.0 Å². The molecule has 1 saturated carbocycles. The van der Waals surface area contributed by atoms with Gasteiger partial charge < -0.3 is 10.1 Å². The van der Waals surface area contributed by atoms with Crippen molar-refractivity contribution in [1.29, 1.82) is 0 Å². The predicted molar refractivity (Wildman–Crippen MR) is 85.2 cm³/mol. The molecule has 2 rings (SSSR count). The average molecular weight is 326 g/mol. The van der Waals surface area contributed by atoms with Gasteiger partial charge in [-0.3, -0.25) is 0 Å². The summed E-state index contributed by atoms with van der Waals surface area (Å²) in [6, 6.07) is 4.78. The van der Waals surface area contributed by atoms with E-state index in [1.165, 1.54) is 50.5 Å². The Hall–Kier alpha value is -0.700. The molecule has 0 aliphatic heterocycles. The van der Waals surface area contributed by atoms with Gasteiger partial charge in [0, 0.05) is 10.5 Å². The van der Waals surface area contributed by atoms with Gasteiger partial charge in [-0.25, -0.2) is 0 Å². The van der Waals surface area contributed by atoms with E-state index in [1.54, 1.807) is 7.11 Å². The third kappa shape index (κ3) is 4.13. The lowest BCUT2D eigenvalue weighted by Crippen LogP contribution is -2.21. The number of anilines is 1. The minimum Gasteiger partial charge on any atom is -0.495 e. The Morgan fingerprint density at radius 3 is 2.37 bits per heavy atom. The number of benzene rings is 1. The zero-order valence-corrected chi connectivity index (χ0v) is 13.6. The Labute approximate surface area is 125 Å². The second kappa shape index (κ2) is 7.18. The number of ether oxygens (including phenoxy) is 1. The Kier molecular flexibility index (Phi) is 5.56. The largest absolute Gasteiger partial charge is 0.495 e.